The smallest absolute Gasteiger partial charge is 0.280 e. The summed E-state index contributed by atoms with van der Waals surface area (Å²) in [5.41, 5.74) is 0.258. The van der Waals surface area contributed by atoms with Crippen LogP contribution in [0.4, 0.5) is 9.52 Å². The molecule has 174 valence electrons. The van der Waals surface area contributed by atoms with Crippen molar-refractivity contribution in [3.05, 3.63) is 41.2 Å². The maximum atomic E-state index is 13.2. The van der Waals surface area contributed by atoms with Crippen molar-refractivity contribution in [3.8, 4) is 0 Å². The number of aromatic nitrogens is 1. The van der Waals surface area contributed by atoms with Crippen LogP contribution in [-0.4, -0.2) is 63.8 Å². The third-order valence-corrected chi connectivity index (χ3v) is 7.11. The van der Waals surface area contributed by atoms with Crippen molar-refractivity contribution in [1.82, 2.24) is 4.98 Å². The Morgan fingerprint density at radius 1 is 1.34 bits per heavy atom. The molecule has 2 aromatic rings. The lowest BCUT2D eigenvalue weighted by molar-refractivity contribution is -0.110. The Balaban J connectivity index is 1.77. The van der Waals surface area contributed by atoms with Crippen molar-refractivity contribution in [2.45, 2.75) is 30.3 Å². The zero-order chi connectivity index (χ0) is 23.0. The first kappa shape index (κ1) is 24.2. The molecule has 1 atom stereocenters. The molecule has 0 saturated carbocycles. The number of ether oxygens (including phenoxy) is 2. The zero-order valence-electron chi connectivity index (χ0n) is 17.5. The quantitative estimate of drug-likeness (QED) is 0.295. The SMILES string of the molecule is COCCCCS(=O)(=O)c1ccc(/C(=N\O[C@@H]2CCOC2)C(=O)Nc2ncc(F)s2)cc1. The number of benzene rings is 1. The van der Waals surface area contributed by atoms with E-state index < -0.39 is 20.9 Å². The number of anilines is 1. The number of hydrogen-bond acceptors (Lipinski definition) is 9. The molecular formula is C20H24FN3O6S2. The van der Waals surface area contributed by atoms with E-state index in [2.05, 4.69) is 15.5 Å². The van der Waals surface area contributed by atoms with E-state index in [9.17, 15) is 17.6 Å². The highest BCUT2D eigenvalue weighted by Gasteiger charge is 2.22. The van der Waals surface area contributed by atoms with Gasteiger partial charge >= 0.3 is 0 Å². The Kier molecular flexibility index (Phi) is 8.67. The number of amides is 1. The number of carbonyl (C=O) groups is 1. The molecule has 1 saturated heterocycles. The molecule has 0 unspecified atom stereocenters. The van der Waals surface area contributed by atoms with Crippen LogP contribution in [-0.2, 0) is 28.9 Å². The number of oxime groups is 1. The van der Waals surface area contributed by atoms with Crippen molar-refractivity contribution in [2.75, 3.05) is 38.0 Å². The summed E-state index contributed by atoms with van der Waals surface area (Å²) in [4.78, 5) is 22.1. The molecule has 2 heterocycles. The van der Waals surface area contributed by atoms with E-state index in [1.165, 1.54) is 24.3 Å². The van der Waals surface area contributed by atoms with E-state index in [-0.39, 0.29) is 27.6 Å². The van der Waals surface area contributed by atoms with Gasteiger partial charge in [-0.1, -0.05) is 28.6 Å². The standard InChI is InChI=1S/C20H24FN3O6S2/c1-28-9-2-3-11-32(26,27)16-6-4-14(5-7-16)18(24-30-15-8-10-29-13-15)19(25)23-20-22-12-17(21)31-20/h4-7,12,15H,2-3,8-11,13H2,1H3,(H,22,23,25)/b24-18+/t15-/m1/s1. The van der Waals surface area contributed by atoms with Gasteiger partial charge in [0, 0.05) is 25.7 Å². The Morgan fingerprint density at radius 2 is 2.12 bits per heavy atom. The fourth-order valence-electron chi connectivity index (χ4n) is 2.89. The highest BCUT2D eigenvalue weighted by Crippen LogP contribution is 2.19. The lowest BCUT2D eigenvalue weighted by Crippen LogP contribution is -2.25. The van der Waals surface area contributed by atoms with Gasteiger partial charge in [0.05, 0.1) is 30.1 Å². The Morgan fingerprint density at radius 3 is 2.75 bits per heavy atom. The number of halogens is 1. The Hall–Kier alpha value is -2.41. The number of nitrogens with one attached hydrogen (secondary N) is 1. The van der Waals surface area contributed by atoms with Crippen molar-refractivity contribution in [1.29, 1.82) is 0 Å². The first-order valence-electron chi connectivity index (χ1n) is 9.95. The summed E-state index contributed by atoms with van der Waals surface area (Å²) in [6, 6.07) is 5.81. The maximum absolute atomic E-state index is 13.2. The Labute approximate surface area is 189 Å². The second-order valence-electron chi connectivity index (χ2n) is 7.00. The highest BCUT2D eigenvalue weighted by molar-refractivity contribution is 7.91. The molecule has 1 aromatic carbocycles. The normalized spacial score (nSPS) is 16.8. The van der Waals surface area contributed by atoms with Crippen LogP contribution in [0.1, 0.15) is 24.8 Å². The summed E-state index contributed by atoms with van der Waals surface area (Å²) in [6.45, 7) is 1.39. The molecule has 3 rings (SSSR count). The summed E-state index contributed by atoms with van der Waals surface area (Å²) in [7, 11) is -1.90. The second-order valence-corrected chi connectivity index (χ2v) is 10.1. The number of unbranched alkanes of at least 4 members (excludes halogenated alkanes) is 1. The van der Waals surface area contributed by atoms with Crippen LogP contribution < -0.4 is 5.32 Å². The first-order valence-corrected chi connectivity index (χ1v) is 12.4. The lowest BCUT2D eigenvalue weighted by Gasteiger charge is -2.10. The number of methoxy groups -OCH3 is 1. The number of carbonyl (C=O) groups excluding carboxylic acids is 1. The average Bonchev–Trinajstić information content (AvgIpc) is 3.43. The molecule has 1 aliphatic rings. The molecule has 1 N–H and O–H groups in total. The average molecular weight is 486 g/mol. The number of thiazole rings is 1. The van der Waals surface area contributed by atoms with Crippen LogP contribution in [0.2, 0.25) is 0 Å². The van der Waals surface area contributed by atoms with Gasteiger partial charge in [0.1, 0.15) is 0 Å². The third kappa shape index (κ3) is 6.79. The minimum Gasteiger partial charge on any atom is -0.389 e. The summed E-state index contributed by atoms with van der Waals surface area (Å²) < 4.78 is 48.4. The molecule has 0 bridgehead atoms. The minimum absolute atomic E-state index is 0.00244. The van der Waals surface area contributed by atoms with Crippen LogP contribution in [0.25, 0.3) is 0 Å². The van der Waals surface area contributed by atoms with E-state index in [4.69, 9.17) is 14.3 Å². The van der Waals surface area contributed by atoms with Gasteiger partial charge in [-0.25, -0.2) is 13.4 Å². The number of nitrogens with zero attached hydrogens (tertiary/aromatic N) is 2. The Bertz CT molecular complexity index is 1030. The minimum atomic E-state index is -3.47. The highest BCUT2D eigenvalue weighted by atomic mass is 32.2. The van der Waals surface area contributed by atoms with E-state index in [1.807, 2.05) is 0 Å². The fraction of sp³-hybridized carbons (Fsp3) is 0.450. The van der Waals surface area contributed by atoms with Crippen molar-refractivity contribution in [3.63, 3.8) is 0 Å². The van der Waals surface area contributed by atoms with Crippen LogP contribution in [0.5, 0.6) is 0 Å². The van der Waals surface area contributed by atoms with E-state index >= 15 is 0 Å². The van der Waals surface area contributed by atoms with Gasteiger partial charge in [-0.2, -0.15) is 4.39 Å². The van der Waals surface area contributed by atoms with Crippen LogP contribution in [0.3, 0.4) is 0 Å². The van der Waals surface area contributed by atoms with E-state index in [0.717, 1.165) is 6.20 Å². The predicted octanol–water partition coefficient (Wildman–Crippen LogP) is 2.63. The summed E-state index contributed by atoms with van der Waals surface area (Å²) in [5.74, 6) is -0.661. The van der Waals surface area contributed by atoms with Gasteiger partial charge in [0.25, 0.3) is 5.91 Å². The van der Waals surface area contributed by atoms with Gasteiger partial charge in [-0.15, -0.1) is 0 Å². The van der Waals surface area contributed by atoms with Gasteiger partial charge in [-0.05, 0) is 25.0 Å². The summed E-state index contributed by atoms with van der Waals surface area (Å²) >= 11 is 0.675. The van der Waals surface area contributed by atoms with Gasteiger partial charge in [0.15, 0.2) is 31.9 Å². The van der Waals surface area contributed by atoms with Gasteiger partial charge in [-0.3, -0.25) is 10.1 Å². The topological polar surface area (TPSA) is 116 Å². The molecule has 1 aromatic heterocycles. The monoisotopic (exact) mass is 485 g/mol. The molecule has 9 nitrogen and oxygen atoms in total. The number of sulfone groups is 1. The predicted molar refractivity (Wildman–Crippen MR) is 117 cm³/mol. The van der Waals surface area contributed by atoms with Crippen LogP contribution >= 0.6 is 11.3 Å². The van der Waals surface area contributed by atoms with E-state index in [1.54, 1.807) is 7.11 Å². The van der Waals surface area contributed by atoms with Crippen LogP contribution in [0, 0.1) is 5.13 Å². The second kappa shape index (κ2) is 11.5. The molecule has 32 heavy (non-hydrogen) atoms. The molecule has 0 radical (unpaired) electrons. The lowest BCUT2D eigenvalue weighted by atomic mass is 10.1. The maximum Gasteiger partial charge on any atom is 0.280 e. The third-order valence-electron chi connectivity index (χ3n) is 4.59. The molecule has 1 amide bonds. The van der Waals surface area contributed by atoms with Crippen molar-refractivity contribution >= 4 is 37.9 Å². The molecule has 1 fully saturated rings. The molecule has 12 heteroatoms. The zero-order valence-corrected chi connectivity index (χ0v) is 19.1. The van der Waals surface area contributed by atoms with Crippen LogP contribution in [0.15, 0.2) is 40.5 Å². The van der Waals surface area contributed by atoms with Crippen molar-refractivity contribution < 1.29 is 31.9 Å². The molecular weight excluding hydrogens is 461 g/mol. The fourth-order valence-corrected chi connectivity index (χ4v) is 4.80. The first-order chi connectivity index (χ1) is 15.4. The number of hydrogen-bond donors (Lipinski definition) is 1. The van der Waals surface area contributed by atoms with E-state index in [0.29, 0.717) is 56.0 Å². The molecule has 0 spiro atoms. The molecule has 0 aliphatic carbocycles. The molecule has 1 aliphatic heterocycles. The largest absolute Gasteiger partial charge is 0.389 e. The van der Waals surface area contributed by atoms with Crippen molar-refractivity contribution in [2.24, 2.45) is 5.16 Å². The van der Waals surface area contributed by atoms with Gasteiger partial charge < -0.3 is 14.3 Å². The summed E-state index contributed by atoms with van der Waals surface area (Å²) in [5, 5.41) is 5.99. The summed E-state index contributed by atoms with van der Waals surface area (Å²) in [6.07, 6.45) is 2.47. The number of rotatable bonds is 11. The van der Waals surface area contributed by atoms with Gasteiger partial charge in [0.2, 0.25) is 0 Å².